The normalized spacial score (nSPS) is 14.7. The lowest BCUT2D eigenvalue weighted by Crippen LogP contribution is -2.32. The number of carboxylic acids is 1. The van der Waals surface area contributed by atoms with E-state index in [1.165, 1.54) is 0 Å². The zero-order chi connectivity index (χ0) is 12.1. The molecule has 0 aliphatic carbocycles. The molecule has 1 aromatic heterocycles. The van der Waals surface area contributed by atoms with E-state index in [-0.39, 0.29) is 12.5 Å². The molecule has 0 aromatic carbocycles. The molecule has 0 radical (unpaired) electrons. The van der Waals surface area contributed by atoms with E-state index in [2.05, 4.69) is 24.2 Å². The number of carboxylic acid groups (broad SMARTS) is 1. The Morgan fingerprint density at radius 1 is 1.69 bits per heavy atom. The Balaban J connectivity index is 2.61. The number of aromatic nitrogens is 3. The van der Waals surface area contributed by atoms with Gasteiger partial charge in [-0.05, 0) is 13.3 Å². The average molecular weight is 226 g/mol. The lowest BCUT2D eigenvalue weighted by molar-refractivity contribution is -0.138. The van der Waals surface area contributed by atoms with Crippen molar-refractivity contribution < 1.29 is 9.90 Å². The summed E-state index contributed by atoms with van der Waals surface area (Å²) in [6.07, 6.45) is 4.08. The molecule has 0 saturated heterocycles. The van der Waals surface area contributed by atoms with Crippen LogP contribution in [-0.4, -0.2) is 32.1 Å². The fourth-order valence-electron chi connectivity index (χ4n) is 1.48. The van der Waals surface area contributed by atoms with Crippen LogP contribution in [0.1, 0.15) is 38.4 Å². The number of hydrogen-bond acceptors (Lipinski definition) is 4. The largest absolute Gasteiger partial charge is 0.480 e. The topological polar surface area (TPSA) is 94.0 Å². The highest BCUT2D eigenvalue weighted by Crippen LogP contribution is 2.11. The van der Waals surface area contributed by atoms with Crippen LogP contribution in [0.25, 0.3) is 0 Å². The molecule has 1 rings (SSSR count). The van der Waals surface area contributed by atoms with Gasteiger partial charge in [0.05, 0.1) is 11.7 Å². The van der Waals surface area contributed by atoms with Gasteiger partial charge in [-0.25, -0.2) is 4.68 Å². The van der Waals surface area contributed by atoms with Crippen LogP contribution in [0.15, 0.2) is 6.20 Å². The molecule has 90 valence electrons. The second-order valence-corrected chi connectivity index (χ2v) is 3.98. The van der Waals surface area contributed by atoms with Crippen LogP contribution in [0.4, 0.5) is 0 Å². The Kier molecular flexibility index (Phi) is 4.42. The number of aliphatic carboxylic acids is 1. The average Bonchev–Trinajstić information content (AvgIpc) is 2.66. The van der Waals surface area contributed by atoms with E-state index in [4.69, 9.17) is 10.8 Å². The maximum absolute atomic E-state index is 10.6. The first-order valence-corrected chi connectivity index (χ1v) is 5.43. The molecular formula is C10H18N4O2. The summed E-state index contributed by atoms with van der Waals surface area (Å²) in [7, 11) is 0. The number of hydrogen-bond donors (Lipinski definition) is 2. The van der Waals surface area contributed by atoms with Crippen molar-refractivity contribution in [3.05, 3.63) is 11.9 Å². The first kappa shape index (κ1) is 12.6. The summed E-state index contributed by atoms with van der Waals surface area (Å²) >= 11 is 0. The van der Waals surface area contributed by atoms with Gasteiger partial charge in [0.15, 0.2) is 0 Å². The third kappa shape index (κ3) is 3.30. The highest BCUT2D eigenvalue weighted by Gasteiger charge is 2.15. The van der Waals surface area contributed by atoms with Crippen LogP contribution < -0.4 is 5.73 Å². The van der Waals surface area contributed by atoms with E-state index < -0.39 is 12.0 Å². The van der Waals surface area contributed by atoms with Gasteiger partial charge in [-0.2, -0.15) is 0 Å². The summed E-state index contributed by atoms with van der Waals surface area (Å²) in [6, 6.07) is -0.626. The van der Waals surface area contributed by atoms with Crippen molar-refractivity contribution in [3.63, 3.8) is 0 Å². The first-order chi connectivity index (χ1) is 7.54. The molecule has 2 unspecified atom stereocenters. The van der Waals surface area contributed by atoms with Crippen molar-refractivity contribution in [1.82, 2.24) is 15.0 Å². The van der Waals surface area contributed by atoms with Crippen LogP contribution in [0.5, 0.6) is 0 Å². The molecule has 2 atom stereocenters. The van der Waals surface area contributed by atoms with Gasteiger partial charge >= 0.3 is 5.97 Å². The highest BCUT2D eigenvalue weighted by molar-refractivity contribution is 5.73. The summed E-state index contributed by atoms with van der Waals surface area (Å²) in [6.45, 7) is 4.16. The van der Waals surface area contributed by atoms with E-state index in [0.29, 0.717) is 5.69 Å². The van der Waals surface area contributed by atoms with Crippen molar-refractivity contribution in [2.45, 2.75) is 45.2 Å². The van der Waals surface area contributed by atoms with Crippen LogP contribution in [-0.2, 0) is 11.2 Å². The minimum Gasteiger partial charge on any atom is -0.480 e. The smallest absolute Gasteiger partial charge is 0.320 e. The number of rotatable bonds is 6. The predicted molar refractivity (Wildman–Crippen MR) is 59.0 cm³/mol. The molecule has 1 aromatic rings. The van der Waals surface area contributed by atoms with Crippen molar-refractivity contribution >= 4 is 5.97 Å². The molecular weight excluding hydrogens is 208 g/mol. The van der Waals surface area contributed by atoms with Gasteiger partial charge in [-0.15, -0.1) is 5.10 Å². The molecule has 16 heavy (non-hydrogen) atoms. The molecule has 6 nitrogen and oxygen atoms in total. The van der Waals surface area contributed by atoms with Gasteiger partial charge in [-0.1, -0.05) is 18.6 Å². The molecule has 0 fully saturated rings. The van der Waals surface area contributed by atoms with Gasteiger partial charge in [0.1, 0.15) is 6.04 Å². The summed E-state index contributed by atoms with van der Waals surface area (Å²) in [5, 5.41) is 16.5. The van der Waals surface area contributed by atoms with Crippen LogP contribution in [0.2, 0.25) is 0 Å². The third-order valence-corrected chi connectivity index (χ3v) is 2.46. The zero-order valence-corrected chi connectivity index (χ0v) is 9.63. The number of nitrogens with zero attached hydrogens (tertiary/aromatic N) is 3. The van der Waals surface area contributed by atoms with Crippen molar-refractivity contribution in [2.75, 3.05) is 0 Å². The molecule has 6 heteroatoms. The van der Waals surface area contributed by atoms with E-state index in [1.54, 1.807) is 10.9 Å². The van der Waals surface area contributed by atoms with E-state index in [1.807, 2.05) is 0 Å². The van der Waals surface area contributed by atoms with E-state index in [0.717, 1.165) is 12.8 Å². The second kappa shape index (κ2) is 5.60. The third-order valence-electron chi connectivity index (χ3n) is 2.46. The lowest BCUT2D eigenvalue weighted by Gasteiger charge is -2.08. The monoisotopic (exact) mass is 226 g/mol. The van der Waals surface area contributed by atoms with Crippen LogP contribution in [0, 0.1) is 0 Å². The minimum absolute atomic E-state index is 0.216. The van der Waals surface area contributed by atoms with Gasteiger partial charge in [-0.3, -0.25) is 4.79 Å². The second-order valence-electron chi connectivity index (χ2n) is 3.98. The zero-order valence-electron chi connectivity index (χ0n) is 9.63. The quantitative estimate of drug-likeness (QED) is 0.740. The summed E-state index contributed by atoms with van der Waals surface area (Å²) < 4.78 is 1.76. The van der Waals surface area contributed by atoms with Crippen LogP contribution >= 0.6 is 0 Å². The highest BCUT2D eigenvalue weighted by atomic mass is 16.4. The Bertz CT molecular complexity index is 350. The van der Waals surface area contributed by atoms with E-state index >= 15 is 0 Å². The maximum Gasteiger partial charge on any atom is 0.320 e. The maximum atomic E-state index is 10.6. The predicted octanol–water partition coefficient (Wildman–Crippen LogP) is 0.594. The van der Waals surface area contributed by atoms with Gasteiger partial charge in [0, 0.05) is 12.6 Å². The molecule has 0 aliphatic rings. The molecule has 0 aliphatic heterocycles. The van der Waals surface area contributed by atoms with Gasteiger partial charge in [0.2, 0.25) is 0 Å². The Hall–Kier alpha value is -1.43. The summed E-state index contributed by atoms with van der Waals surface area (Å²) in [5.74, 6) is -1.02. The minimum atomic E-state index is -1.02. The van der Waals surface area contributed by atoms with Gasteiger partial charge < -0.3 is 10.8 Å². The standard InChI is InChI=1S/C10H18N4O2/c1-3-4-7(2)14-6-8(12-13-14)5-9(11)10(15)16/h6-7,9H,3-5,11H2,1-2H3,(H,15,16). The summed E-state index contributed by atoms with van der Waals surface area (Å²) in [4.78, 5) is 10.6. The Morgan fingerprint density at radius 3 is 2.94 bits per heavy atom. The SMILES string of the molecule is CCCC(C)n1cc(CC(N)C(=O)O)nn1. The fourth-order valence-corrected chi connectivity index (χ4v) is 1.48. The molecule has 0 saturated carbocycles. The van der Waals surface area contributed by atoms with Crippen molar-refractivity contribution in [1.29, 1.82) is 0 Å². The molecule has 3 N–H and O–H groups in total. The molecule has 0 spiro atoms. The molecule has 1 heterocycles. The van der Waals surface area contributed by atoms with Gasteiger partial charge in [0.25, 0.3) is 0 Å². The van der Waals surface area contributed by atoms with Crippen molar-refractivity contribution in [2.24, 2.45) is 5.73 Å². The van der Waals surface area contributed by atoms with Crippen molar-refractivity contribution in [3.8, 4) is 0 Å². The first-order valence-electron chi connectivity index (χ1n) is 5.43. The van der Waals surface area contributed by atoms with E-state index in [9.17, 15) is 4.79 Å². The fraction of sp³-hybridized carbons (Fsp3) is 0.700. The Labute approximate surface area is 94.4 Å². The number of nitrogens with two attached hydrogens (primary N) is 1. The van der Waals surface area contributed by atoms with Crippen LogP contribution in [0.3, 0.4) is 0 Å². The molecule has 0 bridgehead atoms. The molecule has 0 amide bonds. The number of carbonyl (C=O) groups is 1. The summed E-state index contributed by atoms with van der Waals surface area (Å²) in [5.41, 5.74) is 6.04. The Morgan fingerprint density at radius 2 is 2.38 bits per heavy atom. The lowest BCUT2D eigenvalue weighted by atomic mass is 10.2.